The molecule has 4 rings (SSSR count). The van der Waals surface area contributed by atoms with Crippen molar-refractivity contribution in [2.75, 3.05) is 0 Å². The monoisotopic (exact) mass is 415 g/mol. The lowest BCUT2D eigenvalue weighted by Gasteiger charge is -2.28. The quantitative estimate of drug-likeness (QED) is 0.809. The minimum atomic E-state index is -0.449. The van der Waals surface area contributed by atoms with Crippen LogP contribution in [0.1, 0.15) is 47.2 Å². The second-order valence-electron chi connectivity index (χ2n) is 7.09. The van der Waals surface area contributed by atoms with E-state index in [-0.39, 0.29) is 12.0 Å². The lowest BCUT2D eigenvalue weighted by molar-refractivity contribution is 0.00636. The lowest BCUT2D eigenvalue weighted by atomic mass is 9.94. The molecule has 2 aromatic carbocycles. The number of rotatable bonds is 4. The predicted octanol–water partition coefficient (Wildman–Crippen LogP) is 4.29. The minimum absolute atomic E-state index is 0.00354. The van der Waals surface area contributed by atoms with Gasteiger partial charge >= 0.3 is 0 Å². The zero-order chi connectivity index (χ0) is 18.1. The first kappa shape index (κ1) is 17.6. The summed E-state index contributed by atoms with van der Waals surface area (Å²) in [5.74, 6) is 0.612. The SMILES string of the molecule is O=C1c2c(cccc2O[C@H]2CCCC[C@@H]2O)CN1Cc1ccc(Br)cc1. The summed E-state index contributed by atoms with van der Waals surface area (Å²) < 4.78 is 7.12. The van der Waals surface area contributed by atoms with E-state index in [2.05, 4.69) is 15.9 Å². The van der Waals surface area contributed by atoms with E-state index >= 15 is 0 Å². The fourth-order valence-corrected chi connectivity index (χ4v) is 4.06. The van der Waals surface area contributed by atoms with E-state index in [0.29, 0.717) is 24.4 Å². The number of fused-ring (bicyclic) bond motifs is 1. The van der Waals surface area contributed by atoms with E-state index in [4.69, 9.17) is 4.74 Å². The molecule has 0 aromatic heterocycles. The van der Waals surface area contributed by atoms with Gasteiger partial charge in [0.15, 0.2) is 0 Å². The third-order valence-corrected chi connectivity index (χ3v) is 5.74. The Morgan fingerprint density at radius 1 is 1.12 bits per heavy atom. The molecule has 1 fully saturated rings. The second kappa shape index (κ2) is 7.41. The summed E-state index contributed by atoms with van der Waals surface area (Å²) in [4.78, 5) is 14.8. The zero-order valence-corrected chi connectivity index (χ0v) is 16.1. The highest BCUT2D eigenvalue weighted by Gasteiger charge is 2.33. The van der Waals surface area contributed by atoms with Crippen molar-refractivity contribution < 1.29 is 14.6 Å². The molecule has 0 bridgehead atoms. The van der Waals surface area contributed by atoms with Gasteiger partial charge in [-0.1, -0.05) is 46.6 Å². The average molecular weight is 416 g/mol. The lowest BCUT2D eigenvalue weighted by Crippen LogP contribution is -2.35. The van der Waals surface area contributed by atoms with Crippen LogP contribution in [-0.2, 0) is 13.1 Å². The molecule has 0 saturated heterocycles. The van der Waals surface area contributed by atoms with E-state index in [1.54, 1.807) is 0 Å². The third-order valence-electron chi connectivity index (χ3n) is 5.21. The largest absolute Gasteiger partial charge is 0.487 e. The Balaban J connectivity index is 1.53. The molecule has 136 valence electrons. The molecule has 1 heterocycles. The number of amides is 1. The fraction of sp³-hybridized carbons (Fsp3) is 0.381. The molecule has 1 aliphatic heterocycles. The van der Waals surface area contributed by atoms with Gasteiger partial charge in [-0.05, 0) is 48.6 Å². The molecule has 0 radical (unpaired) electrons. The maximum absolute atomic E-state index is 13.0. The van der Waals surface area contributed by atoms with Gasteiger partial charge in [-0.15, -0.1) is 0 Å². The first-order valence-electron chi connectivity index (χ1n) is 9.12. The molecule has 1 aliphatic carbocycles. The van der Waals surface area contributed by atoms with Crippen molar-refractivity contribution in [3.05, 3.63) is 63.6 Å². The highest BCUT2D eigenvalue weighted by Crippen LogP contribution is 2.34. The van der Waals surface area contributed by atoms with Gasteiger partial charge in [0, 0.05) is 17.6 Å². The van der Waals surface area contributed by atoms with Crippen LogP contribution in [0.3, 0.4) is 0 Å². The summed E-state index contributed by atoms with van der Waals surface area (Å²) in [5, 5.41) is 10.2. The molecule has 2 atom stereocenters. The van der Waals surface area contributed by atoms with Gasteiger partial charge in [0.2, 0.25) is 0 Å². The fourth-order valence-electron chi connectivity index (χ4n) is 3.80. The van der Waals surface area contributed by atoms with Crippen LogP contribution in [0, 0.1) is 0 Å². The molecule has 2 aliphatic rings. The van der Waals surface area contributed by atoms with Crippen LogP contribution < -0.4 is 4.74 Å². The Hall–Kier alpha value is -1.85. The Morgan fingerprint density at radius 2 is 1.88 bits per heavy atom. The molecule has 26 heavy (non-hydrogen) atoms. The molecule has 1 amide bonds. The highest BCUT2D eigenvalue weighted by molar-refractivity contribution is 9.10. The summed E-state index contributed by atoms with van der Waals surface area (Å²) in [5.41, 5.74) is 2.75. The first-order chi connectivity index (χ1) is 12.6. The van der Waals surface area contributed by atoms with Crippen LogP contribution in [0.2, 0.25) is 0 Å². The average Bonchev–Trinajstić information content (AvgIpc) is 2.96. The van der Waals surface area contributed by atoms with Gasteiger partial charge < -0.3 is 14.7 Å². The van der Waals surface area contributed by atoms with Crippen LogP contribution in [-0.4, -0.2) is 28.1 Å². The van der Waals surface area contributed by atoms with Gasteiger partial charge in [0.1, 0.15) is 11.9 Å². The number of carbonyl (C=O) groups is 1. The van der Waals surface area contributed by atoms with Crippen molar-refractivity contribution in [1.82, 2.24) is 4.90 Å². The number of ether oxygens (including phenoxy) is 1. The van der Waals surface area contributed by atoms with E-state index in [1.807, 2.05) is 47.4 Å². The number of hydrogen-bond acceptors (Lipinski definition) is 3. The van der Waals surface area contributed by atoms with Crippen LogP contribution in [0.4, 0.5) is 0 Å². The number of hydrogen-bond donors (Lipinski definition) is 1. The Kier molecular flexibility index (Phi) is 5.00. The molecule has 2 aromatic rings. The summed E-state index contributed by atoms with van der Waals surface area (Å²) >= 11 is 3.44. The number of nitrogens with zero attached hydrogens (tertiary/aromatic N) is 1. The molecular weight excluding hydrogens is 394 g/mol. The van der Waals surface area contributed by atoms with Crippen molar-refractivity contribution in [3.63, 3.8) is 0 Å². The summed E-state index contributed by atoms with van der Waals surface area (Å²) in [6, 6.07) is 13.8. The van der Waals surface area contributed by atoms with E-state index in [0.717, 1.165) is 41.3 Å². The van der Waals surface area contributed by atoms with E-state index < -0.39 is 6.10 Å². The van der Waals surface area contributed by atoms with Crippen LogP contribution >= 0.6 is 15.9 Å². The van der Waals surface area contributed by atoms with E-state index in [1.165, 1.54) is 0 Å². The smallest absolute Gasteiger partial charge is 0.258 e. The highest BCUT2D eigenvalue weighted by atomic mass is 79.9. The summed E-state index contributed by atoms with van der Waals surface area (Å²) in [6.45, 7) is 1.17. The molecular formula is C21H22BrNO3. The predicted molar refractivity (Wildman–Crippen MR) is 103 cm³/mol. The number of benzene rings is 2. The minimum Gasteiger partial charge on any atom is -0.487 e. The standard InChI is InChI=1S/C21H22BrNO3/c22-16-10-8-14(9-11-16)12-23-13-15-4-3-7-19(20(15)21(23)25)26-18-6-2-1-5-17(18)24/h3-4,7-11,17-18,24H,1-2,5-6,12-13H2/t17-,18-/m0/s1. The molecule has 0 spiro atoms. The Labute approximate surface area is 161 Å². The van der Waals surface area contributed by atoms with Gasteiger partial charge in [0.25, 0.3) is 5.91 Å². The maximum atomic E-state index is 13.0. The van der Waals surface area contributed by atoms with Gasteiger partial charge in [-0.3, -0.25) is 4.79 Å². The molecule has 1 N–H and O–H groups in total. The Morgan fingerprint density at radius 3 is 2.65 bits per heavy atom. The Bertz CT molecular complexity index is 805. The van der Waals surface area contributed by atoms with Crippen LogP contribution in [0.25, 0.3) is 0 Å². The number of aliphatic hydroxyl groups is 1. The molecule has 5 heteroatoms. The number of carbonyl (C=O) groups excluding carboxylic acids is 1. The first-order valence-corrected chi connectivity index (χ1v) is 9.91. The maximum Gasteiger partial charge on any atom is 0.258 e. The third kappa shape index (κ3) is 3.51. The van der Waals surface area contributed by atoms with Crippen molar-refractivity contribution >= 4 is 21.8 Å². The topological polar surface area (TPSA) is 49.8 Å². The van der Waals surface area contributed by atoms with Crippen LogP contribution in [0.15, 0.2) is 46.9 Å². The summed E-state index contributed by atoms with van der Waals surface area (Å²) in [7, 11) is 0. The second-order valence-corrected chi connectivity index (χ2v) is 8.00. The molecule has 0 unspecified atom stereocenters. The zero-order valence-electron chi connectivity index (χ0n) is 14.5. The normalized spacial score (nSPS) is 22.4. The molecule has 4 nitrogen and oxygen atoms in total. The van der Waals surface area contributed by atoms with Gasteiger partial charge in [-0.25, -0.2) is 0 Å². The molecule has 1 saturated carbocycles. The van der Waals surface area contributed by atoms with Crippen molar-refractivity contribution in [2.45, 2.75) is 51.0 Å². The van der Waals surface area contributed by atoms with Crippen molar-refractivity contribution in [2.24, 2.45) is 0 Å². The van der Waals surface area contributed by atoms with E-state index in [9.17, 15) is 9.90 Å². The van der Waals surface area contributed by atoms with Crippen molar-refractivity contribution in [1.29, 1.82) is 0 Å². The van der Waals surface area contributed by atoms with Gasteiger partial charge in [-0.2, -0.15) is 0 Å². The van der Waals surface area contributed by atoms with Gasteiger partial charge in [0.05, 0.1) is 11.7 Å². The number of aliphatic hydroxyl groups excluding tert-OH is 1. The number of halogens is 1. The summed E-state index contributed by atoms with van der Waals surface area (Å²) in [6.07, 6.45) is 3.03. The van der Waals surface area contributed by atoms with Crippen LogP contribution in [0.5, 0.6) is 5.75 Å². The van der Waals surface area contributed by atoms with Crippen molar-refractivity contribution in [3.8, 4) is 5.75 Å².